The van der Waals surface area contributed by atoms with Gasteiger partial charge in [0.15, 0.2) is 0 Å². The van der Waals surface area contributed by atoms with Gasteiger partial charge < -0.3 is 10.0 Å². The van der Waals surface area contributed by atoms with Crippen molar-refractivity contribution in [2.75, 3.05) is 46.3 Å². The Hall–Kier alpha value is -0.650. The monoisotopic (exact) mass is 269 g/mol. The van der Waals surface area contributed by atoms with E-state index in [1.807, 2.05) is 0 Å². The van der Waals surface area contributed by atoms with Crippen molar-refractivity contribution < 1.29 is 9.90 Å². The average molecular weight is 269 g/mol. The second kappa shape index (κ2) is 5.77. The molecule has 0 radical (unpaired) electrons. The van der Waals surface area contributed by atoms with Crippen molar-refractivity contribution in [2.45, 2.75) is 38.3 Å². The van der Waals surface area contributed by atoms with Crippen molar-refractivity contribution in [2.24, 2.45) is 0 Å². The van der Waals surface area contributed by atoms with Crippen LogP contribution in [0.4, 0.5) is 0 Å². The number of hydrogen-bond donors (Lipinski definition) is 1. The third-order valence-corrected chi connectivity index (χ3v) is 4.75. The summed E-state index contributed by atoms with van der Waals surface area (Å²) in [6.45, 7) is 10.4. The molecule has 1 atom stereocenters. The van der Waals surface area contributed by atoms with Crippen LogP contribution in [0.25, 0.3) is 0 Å². The molecule has 2 heterocycles. The molecule has 0 aliphatic carbocycles. The quantitative estimate of drug-likeness (QED) is 0.808. The van der Waals surface area contributed by atoms with Crippen molar-refractivity contribution in [3.63, 3.8) is 0 Å². The number of carboxylic acids is 1. The number of carboxylic acid groups (broad SMARTS) is 1. The average Bonchev–Trinajstić information content (AvgIpc) is 2.74. The van der Waals surface area contributed by atoms with Crippen LogP contribution in [0.5, 0.6) is 0 Å². The van der Waals surface area contributed by atoms with E-state index < -0.39 is 5.97 Å². The molecule has 0 aromatic carbocycles. The summed E-state index contributed by atoms with van der Waals surface area (Å²) in [5.74, 6) is -0.662. The maximum atomic E-state index is 11.3. The van der Waals surface area contributed by atoms with Gasteiger partial charge in [-0.2, -0.15) is 0 Å². The molecule has 5 heteroatoms. The zero-order chi connectivity index (χ0) is 14.0. The Bertz CT molecular complexity index is 327. The van der Waals surface area contributed by atoms with Gasteiger partial charge in [-0.15, -0.1) is 0 Å². The largest absolute Gasteiger partial charge is 0.481 e. The maximum absolute atomic E-state index is 11.3. The minimum Gasteiger partial charge on any atom is -0.481 e. The van der Waals surface area contributed by atoms with Crippen LogP contribution in [0.2, 0.25) is 0 Å². The first-order valence-corrected chi connectivity index (χ1v) is 7.32. The van der Waals surface area contributed by atoms with E-state index in [2.05, 4.69) is 35.6 Å². The van der Waals surface area contributed by atoms with E-state index in [1.54, 1.807) is 0 Å². The topological polar surface area (TPSA) is 47.0 Å². The number of carbonyl (C=O) groups is 1. The summed E-state index contributed by atoms with van der Waals surface area (Å²) in [5, 5.41) is 9.29. The molecule has 0 spiro atoms. The highest BCUT2D eigenvalue weighted by atomic mass is 16.4. The normalized spacial score (nSPS) is 31.2. The molecule has 0 amide bonds. The number of piperazine rings is 1. The molecule has 1 N–H and O–H groups in total. The van der Waals surface area contributed by atoms with Crippen LogP contribution in [0, 0.1) is 0 Å². The fraction of sp³-hybridized carbons (Fsp3) is 0.929. The molecule has 2 fully saturated rings. The van der Waals surface area contributed by atoms with Gasteiger partial charge >= 0.3 is 5.97 Å². The molecule has 2 saturated heterocycles. The van der Waals surface area contributed by atoms with E-state index in [-0.39, 0.29) is 12.0 Å². The van der Waals surface area contributed by atoms with Gasteiger partial charge in [0.2, 0.25) is 0 Å². The molecular formula is C14H27N3O2. The van der Waals surface area contributed by atoms with Crippen LogP contribution in [-0.2, 0) is 4.79 Å². The molecule has 2 aliphatic heterocycles. The molecular weight excluding hydrogens is 242 g/mol. The van der Waals surface area contributed by atoms with Gasteiger partial charge in [-0.3, -0.25) is 14.6 Å². The number of rotatable bonds is 4. The van der Waals surface area contributed by atoms with E-state index in [9.17, 15) is 9.90 Å². The van der Waals surface area contributed by atoms with Crippen molar-refractivity contribution in [1.82, 2.24) is 14.7 Å². The number of nitrogens with zero attached hydrogens (tertiary/aromatic N) is 3. The van der Waals surface area contributed by atoms with Crippen LogP contribution < -0.4 is 0 Å². The number of hydrogen-bond acceptors (Lipinski definition) is 4. The summed E-state index contributed by atoms with van der Waals surface area (Å²) in [7, 11) is 2.14. The molecule has 0 bridgehead atoms. The predicted octanol–water partition coefficient (Wildman–Crippen LogP) is 0.561. The first-order valence-electron chi connectivity index (χ1n) is 7.32. The lowest BCUT2D eigenvalue weighted by Gasteiger charge is -2.45. The van der Waals surface area contributed by atoms with Crippen LogP contribution in [-0.4, -0.2) is 83.7 Å². The van der Waals surface area contributed by atoms with E-state index in [0.29, 0.717) is 6.04 Å². The molecule has 19 heavy (non-hydrogen) atoms. The molecule has 0 saturated carbocycles. The van der Waals surface area contributed by atoms with Crippen molar-refractivity contribution in [1.29, 1.82) is 0 Å². The van der Waals surface area contributed by atoms with Gasteiger partial charge in [0.1, 0.15) is 0 Å². The summed E-state index contributed by atoms with van der Waals surface area (Å²) >= 11 is 0. The van der Waals surface area contributed by atoms with Crippen molar-refractivity contribution >= 4 is 5.97 Å². The summed E-state index contributed by atoms with van der Waals surface area (Å²) in [4.78, 5) is 18.5. The fourth-order valence-electron chi connectivity index (χ4n) is 3.41. The van der Waals surface area contributed by atoms with Crippen LogP contribution in [0.1, 0.15) is 26.7 Å². The smallest absolute Gasteiger partial charge is 0.305 e. The SMILES string of the molecule is CC(C)N1CCC(CC(=O)O)(N2CCN(C)CC2)C1. The molecule has 5 nitrogen and oxygen atoms in total. The van der Waals surface area contributed by atoms with Crippen molar-refractivity contribution in [3.8, 4) is 0 Å². The molecule has 2 rings (SSSR count). The zero-order valence-corrected chi connectivity index (χ0v) is 12.4. The molecule has 1 unspecified atom stereocenters. The van der Waals surface area contributed by atoms with E-state index in [1.165, 1.54) is 0 Å². The highest BCUT2D eigenvalue weighted by molar-refractivity contribution is 5.68. The first kappa shape index (κ1) is 14.8. The Balaban J connectivity index is 2.10. The minimum atomic E-state index is -0.662. The Labute approximate surface area is 116 Å². The highest BCUT2D eigenvalue weighted by Crippen LogP contribution is 2.33. The second-order valence-electron chi connectivity index (χ2n) is 6.40. The molecule has 0 aromatic heterocycles. The van der Waals surface area contributed by atoms with Crippen LogP contribution >= 0.6 is 0 Å². The number of likely N-dealkylation sites (N-methyl/N-ethyl adjacent to an activating group) is 1. The van der Waals surface area contributed by atoms with Crippen molar-refractivity contribution in [3.05, 3.63) is 0 Å². The third-order valence-electron chi connectivity index (χ3n) is 4.75. The van der Waals surface area contributed by atoms with E-state index >= 15 is 0 Å². The highest BCUT2D eigenvalue weighted by Gasteiger charge is 2.45. The Morgan fingerprint density at radius 1 is 1.21 bits per heavy atom. The summed E-state index contributed by atoms with van der Waals surface area (Å²) in [6, 6.07) is 0.503. The van der Waals surface area contributed by atoms with Gasteiger partial charge in [-0.1, -0.05) is 0 Å². The van der Waals surface area contributed by atoms with Gasteiger partial charge in [-0.25, -0.2) is 0 Å². The molecule has 2 aliphatic rings. The van der Waals surface area contributed by atoms with E-state index in [0.717, 1.165) is 45.7 Å². The summed E-state index contributed by atoms with van der Waals surface area (Å²) in [5.41, 5.74) is -0.142. The molecule has 110 valence electrons. The first-order chi connectivity index (χ1) is 8.93. The van der Waals surface area contributed by atoms with Gasteiger partial charge in [0.05, 0.1) is 6.42 Å². The maximum Gasteiger partial charge on any atom is 0.305 e. The van der Waals surface area contributed by atoms with Crippen LogP contribution in [0.15, 0.2) is 0 Å². The predicted molar refractivity (Wildman–Crippen MR) is 75.4 cm³/mol. The third kappa shape index (κ3) is 3.27. The van der Waals surface area contributed by atoms with E-state index in [4.69, 9.17) is 0 Å². The standard InChI is InChI=1S/C14H27N3O2/c1-12(2)16-5-4-14(11-16,10-13(18)19)17-8-6-15(3)7-9-17/h12H,4-11H2,1-3H3,(H,18,19). The Morgan fingerprint density at radius 2 is 1.84 bits per heavy atom. The Morgan fingerprint density at radius 3 is 2.32 bits per heavy atom. The molecule has 0 aromatic rings. The minimum absolute atomic E-state index is 0.142. The van der Waals surface area contributed by atoms with Gasteiger partial charge in [0.25, 0.3) is 0 Å². The van der Waals surface area contributed by atoms with Gasteiger partial charge in [0, 0.05) is 50.8 Å². The lowest BCUT2D eigenvalue weighted by atomic mass is 9.91. The fourth-order valence-corrected chi connectivity index (χ4v) is 3.41. The van der Waals surface area contributed by atoms with Gasteiger partial charge in [-0.05, 0) is 27.3 Å². The lowest BCUT2D eigenvalue weighted by Crippen LogP contribution is -2.58. The second-order valence-corrected chi connectivity index (χ2v) is 6.40. The summed E-state index contributed by atoms with van der Waals surface area (Å²) < 4.78 is 0. The Kier molecular flexibility index (Phi) is 4.48. The number of likely N-dealkylation sites (tertiary alicyclic amines) is 1. The lowest BCUT2D eigenvalue weighted by molar-refractivity contribution is -0.140. The van der Waals surface area contributed by atoms with Crippen LogP contribution in [0.3, 0.4) is 0 Å². The number of aliphatic carboxylic acids is 1. The zero-order valence-electron chi connectivity index (χ0n) is 12.4. The summed E-state index contributed by atoms with van der Waals surface area (Å²) in [6.07, 6.45) is 1.27.